The summed E-state index contributed by atoms with van der Waals surface area (Å²) in [6.07, 6.45) is 2.77. The Morgan fingerprint density at radius 1 is 1.33 bits per heavy atom. The van der Waals surface area contributed by atoms with Gasteiger partial charge in [0.05, 0.1) is 11.0 Å². The average molecular weight is 200 g/mol. The Kier molecular flexibility index (Phi) is 2.41. The maximum Gasteiger partial charge on any atom is 0.336 e. The van der Waals surface area contributed by atoms with E-state index in [1.807, 2.05) is 0 Å². The molecule has 0 amide bonds. The fourth-order valence-electron chi connectivity index (χ4n) is 1.14. The molecule has 0 aliphatic rings. The summed E-state index contributed by atoms with van der Waals surface area (Å²) in [5.74, 6) is -0.272. The summed E-state index contributed by atoms with van der Waals surface area (Å²) >= 11 is 0. The smallest absolute Gasteiger partial charge is 0.336 e. The van der Waals surface area contributed by atoms with Crippen LogP contribution in [-0.2, 0) is 4.79 Å². The molecule has 0 aromatic carbocycles. The third-order valence-electron chi connectivity index (χ3n) is 1.80. The van der Waals surface area contributed by atoms with Gasteiger partial charge in [0.15, 0.2) is 0 Å². The zero-order valence-corrected chi connectivity index (χ0v) is 7.88. The standard InChI is InChI=1S/C11H8N2O2/c1-2-11(14)15-10-6-5-8-9(13-10)4-3-7-12-8/h2-7H,1H2. The van der Waals surface area contributed by atoms with E-state index in [4.69, 9.17) is 4.74 Å². The number of hydrogen-bond donors (Lipinski definition) is 0. The minimum absolute atomic E-state index is 0.250. The predicted molar refractivity (Wildman–Crippen MR) is 55.4 cm³/mol. The number of rotatable bonds is 2. The number of esters is 1. The maximum absolute atomic E-state index is 10.9. The summed E-state index contributed by atoms with van der Waals surface area (Å²) in [6.45, 7) is 3.30. The molecule has 0 saturated heterocycles. The van der Waals surface area contributed by atoms with Gasteiger partial charge in [0.25, 0.3) is 0 Å². The SMILES string of the molecule is C=CC(=O)Oc1ccc2ncccc2n1. The summed E-state index contributed by atoms with van der Waals surface area (Å²) in [4.78, 5) is 19.1. The summed E-state index contributed by atoms with van der Waals surface area (Å²) < 4.78 is 4.88. The van der Waals surface area contributed by atoms with Crippen LogP contribution >= 0.6 is 0 Å². The van der Waals surface area contributed by atoms with E-state index in [9.17, 15) is 4.79 Å². The number of fused-ring (bicyclic) bond motifs is 1. The van der Waals surface area contributed by atoms with Crippen molar-refractivity contribution in [1.29, 1.82) is 0 Å². The Morgan fingerprint density at radius 2 is 2.20 bits per heavy atom. The Balaban J connectivity index is 2.38. The van der Waals surface area contributed by atoms with Crippen molar-refractivity contribution in [2.45, 2.75) is 0 Å². The maximum atomic E-state index is 10.9. The Morgan fingerprint density at radius 3 is 3.00 bits per heavy atom. The molecular weight excluding hydrogens is 192 g/mol. The molecule has 2 rings (SSSR count). The minimum Gasteiger partial charge on any atom is -0.404 e. The van der Waals surface area contributed by atoms with Gasteiger partial charge in [-0.05, 0) is 18.2 Å². The zero-order chi connectivity index (χ0) is 10.7. The van der Waals surface area contributed by atoms with E-state index in [0.29, 0.717) is 5.52 Å². The van der Waals surface area contributed by atoms with Crippen molar-refractivity contribution in [3.8, 4) is 5.88 Å². The molecule has 0 aliphatic carbocycles. The van der Waals surface area contributed by atoms with Gasteiger partial charge in [-0.2, -0.15) is 0 Å². The first-order chi connectivity index (χ1) is 7.29. The average Bonchev–Trinajstić information content (AvgIpc) is 2.29. The van der Waals surface area contributed by atoms with Crippen molar-refractivity contribution in [3.63, 3.8) is 0 Å². The van der Waals surface area contributed by atoms with E-state index in [2.05, 4.69) is 16.5 Å². The molecule has 4 nitrogen and oxygen atoms in total. The number of hydrogen-bond acceptors (Lipinski definition) is 4. The van der Waals surface area contributed by atoms with Gasteiger partial charge in [0.1, 0.15) is 0 Å². The lowest BCUT2D eigenvalue weighted by molar-refractivity contribution is -0.129. The number of nitrogens with zero attached hydrogens (tertiary/aromatic N) is 2. The monoisotopic (exact) mass is 200 g/mol. The zero-order valence-electron chi connectivity index (χ0n) is 7.88. The van der Waals surface area contributed by atoms with Gasteiger partial charge in [0, 0.05) is 18.3 Å². The minimum atomic E-state index is -0.522. The molecule has 15 heavy (non-hydrogen) atoms. The van der Waals surface area contributed by atoms with Crippen LogP contribution in [0.2, 0.25) is 0 Å². The largest absolute Gasteiger partial charge is 0.404 e. The van der Waals surface area contributed by atoms with Gasteiger partial charge in [-0.3, -0.25) is 4.98 Å². The molecule has 0 radical (unpaired) electrons. The summed E-state index contributed by atoms with van der Waals surface area (Å²) in [6, 6.07) is 6.91. The lowest BCUT2D eigenvalue weighted by Crippen LogP contribution is -2.04. The molecule has 0 atom stereocenters. The summed E-state index contributed by atoms with van der Waals surface area (Å²) in [7, 11) is 0. The van der Waals surface area contributed by atoms with Crippen LogP contribution in [0.1, 0.15) is 0 Å². The number of pyridine rings is 2. The van der Waals surface area contributed by atoms with E-state index in [1.54, 1.807) is 30.5 Å². The second kappa shape index (κ2) is 3.88. The third kappa shape index (κ3) is 1.99. The highest BCUT2D eigenvalue weighted by atomic mass is 16.5. The fraction of sp³-hybridized carbons (Fsp3) is 0. The Bertz CT molecular complexity index is 523. The number of carbonyl (C=O) groups excluding carboxylic acids is 1. The van der Waals surface area contributed by atoms with E-state index in [1.165, 1.54) is 0 Å². The third-order valence-corrected chi connectivity index (χ3v) is 1.80. The molecule has 0 saturated carbocycles. The van der Waals surface area contributed by atoms with Crippen molar-refractivity contribution in [2.24, 2.45) is 0 Å². The van der Waals surface area contributed by atoms with Gasteiger partial charge in [-0.25, -0.2) is 9.78 Å². The topological polar surface area (TPSA) is 52.1 Å². The van der Waals surface area contributed by atoms with Crippen LogP contribution in [0, 0.1) is 0 Å². The molecule has 0 unspecified atom stereocenters. The molecule has 0 bridgehead atoms. The predicted octanol–water partition coefficient (Wildman–Crippen LogP) is 1.72. The van der Waals surface area contributed by atoms with Gasteiger partial charge in [-0.1, -0.05) is 6.58 Å². The molecule has 2 aromatic heterocycles. The molecule has 0 aliphatic heterocycles. The normalized spacial score (nSPS) is 9.87. The highest BCUT2D eigenvalue weighted by Crippen LogP contribution is 2.13. The van der Waals surface area contributed by atoms with E-state index >= 15 is 0 Å². The van der Waals surface area contributed by atoms with E-state index < -0.39 is 5.97 Å². The molecule has 0 spiro atoms. The van der Waals surface area contributed by atoms with Crippen molar-refractivity contribution in [2.75, 3.05) is 0 Å². The van der Waals surface area contributed by atoms with Crippen LogP contribution in [-0.4, -0.2) is 15.9 Å². The van der Waals surface area contributed by atoms with Crippen molar-refractivity contribution < 1.29 is 9.53 Å². The van der Waals surface area contributed by atoms with Crippen LogP contribution in [0.4, 0.5) is 0 Å². The highest BCUT2D eigenvalue weighted by Gasteiger charge is 2.02. The van der Waals surface area contributed by atoms with Crippen molar-refractivity contribution >= 4 is 17.0 Å². The Hall–Kier alpha value is -2.23. The molecule has 4 heteroatoms. The molecule has 74 valence electrons. The highest BCUT2D eigenvalue weighted by molar-refractivity contribution is 5.83. The van der Waals surface area contributed by atoms with Crippen LogP contribution in [0.15, 0.2) is 43.1 Å². The first kappa shape index (κ1) is 9.33. The number of ether oxygens (including phenoxy) is 1. The lowest BCUT2D eigenvalue weighted by Gasteiger charge is -2.00. The lowest BCUT2D eigenvalue weighted by atomic mass is 10.3. The molecule has 0 fully saturated rings. The fourth-order valence-corrected chi connectivity index (χ4v) is 1.14. The second-order valence-corrected chi connectivity index (χ2v) is 2.82. The second-order valence-electron chi connectivity index (χ2n) is 2.82. The number of aromatic nitrogens is 2. The van der Waals surface area contributed by atoms with E-state index in [-0.39, 0.29) is 5.88 Å². The first-order valence-corrected chi connectivity index (χ1v) is 4.35. The van der Waals surface area contributed by atoms with Crippen LogP contribution < -0.4 is 4.74 Å². The molecule has 0 N–H and O–H groups in total. The van der Waals surface area contributed by atoms with Gasteiger partial charge >= 0.3 is 5.97 Å². The molecular formula is C11H8N2O2. The van der Waals surface area contributed by atoms with Crippen molar-refractivity contribution in [3.05, 3.63) is 43.1 Å². The molecule has 2 aromatic rings. The molecule has 2 heterocycles. The summed E-state index contributed by atoms with van der Waals surface area (Å²) in [5, 5.41) is 0. The quantitative estimate of drug-likeness (QED) is 0.547. The summed E-state index contributed by atoms with van der Waals surface area (Å²) in [5.41, 5.74) is 1.45. The van der Waals surface area contributed by atoms with Gasteiger partial charge < -0.3 is 4.74 Å². The first-order valence-electron chi connectivity index (χ1n) is 4.35. The van der Waals surface area contributed by atoms with Crippen LogP contribution in [0.3, 0.4) is 0 Å². The van der Waals surface area contributed by atoms with Gasteiger partial charge in [0.2, 0.25) is 5.88 Å². The number of carbonyl (C=O) groups is 1. The van der Waals surface area contributed by atoms with Crippen LogP contribution in [0.25, 0.3) is 11.0 Å². The van der Waals surface area contributed by atoms with E-state index in [0.717, 1.165) is 11.6 Å². The van der Waals surface area contributed by atoms with Crippen molar-refractivity contribution in [1.82, 2.24) is 9.97 Å². The van der Waals surface area contributed by atoms with Crippen LogP contribution in [0.5, 0.6) is 5.88 Å². The Labute approximate surface area is 86.2 Å². The van der Waals surface area contributed by atoms with Gasteiger partial charge in [-0.15, -0.1) is 0 Å².